The zero-order chi connectivity index (χ0) is 13.4. The van der Waals surface area contributed by atoms with Gasteiger partial charge in [0.1, 0.15) is 0 Å². The zero-order valence-electron chi connectivity index (χ0n) is 10.4. The lowest BCUT2D eigenvalue weighted by molar-refractivity contribution is -0.141. The van der Waals surface area contributed by atoms with E-state index in [1.807, 2.05) is 0 Å². The number of ether oxygens (including phenoxy) is 3. The molecule has 0 aromatic heterocycles. The Kier molecular flexibility index (Phi) is 6.14. The summed E-state index contributed by atoms with van der Waals surface area (Å²) in [6.45, 7) is 8.13. The molecule has 1 rings (SSSR count). The molecule has 1 unspecified atom stereocenters. The molecule has 0 bridgehead atoms. The average Bonchev–Trinajstić information content (AvgIpc) is 3.18. The third-order valence-corrected chi connectivity index (χ3v) is 2.39. The SMILES string of the molecule is C=CC(=O)OCCCOC(=O)C(=C)CCC1CO1. The van der Waals surface area contributed by atoms with Gasteiger partial charge in [0.25, 0.3) is 0 Å². The van der Waals surface area contributed by atoms with Crippen molar-refractivity contribution in [3.63, 3.8) is 0 Å². The van der Waals surface area contributed by atoms with Gasteiger partial charge in [0.2, 0.25) is 0 Å². The Morgan fingerprint density at radius 3 is 2.61 bits per heavy atom. The number of esters is 2. The van der Waals surface area contributed by atoms with Crippen LogP contribution >= 0.6 is 0 Å². The summed E-state index contributed by atoms with van der Waals surface area (Å²) in [6.07, 6.45) is 3.24. The maximum absolute atomic E-state index is 11.4. The third-order valence-electron chi connectivity index (χ3n) is 2.39. The Labute approximate surface area is 106 Å². The molecule has 100 valence electrons. The Balaban J connectivity index is 1.99. The number of carbonyl (C=O) groups is 2. The minimum absolute atomic E-state index is 0.209. The topological polar surface area (TPSA) is 65.1 Å². The Morgan fingerprint density at radius 1 is 1.33 bits per heavy atom. The van der Waals surface area contributed by atoms with Gasteiger partial charge in [0, 0.05) is 18.1 Å². The monoisotopic (exact) mass is 254 g/mol. The van der Waals surface area contributed by atoms with Crippen LogP contribution in [0.4, 0.5) is 0 Å². The molecule has 1 atom stereocenters. The van der Waals surface area contributed by atoms with Gasteiger partial charge in [-0.3, -0.25) is 0 Å². The first-order chi connectivity index (χ1) is 8.63. The molecule has 5 nitrogen and oxygen atoms in total. The van der Waals surface area contributed by atoms with E-state index in [2.05, 4.69) is 13.2 Å². The third kappa shape index (κ3) is 6.20. The van der Waals surface area contributed by atoms with Crippen molar-refractivity contribution < 1.29 is 23.8 Å². The molecule has 1 fully saturated rings. The second kappa shape index (κ2) is 7.66. The van der Waals surface area contributed by atoms with Crippen molar-refractivity contribution in [2.24, 2.45) is 0 Å². The van der Waals surface area contributed by atoms with Gasteiger partial charge >= 0.3 is 11.9 Å². The smallest absolute Gasteiger partial charge is 0.333 e. The standard InChI is InChI=1S/C13H18O5/c1-3-12(14)16-7-4-8-17-13(15)10(2)5-6-11-9-18-11/h3,11H,1-2,4-9H2. The summed E-state index contributed by atoms with van der Waals surface area (Å²) in [6, 6.07) is 0. The van der Waals surface area contributed by atoms with Crippen LogP contribution in [-0.2, 0) is 23.8 Å². The maximum Gasteiger partial charge on any atom is 0.333 e. The van der Waals surface area contributed by atoms with Crippen LogP contribution in [0.15, 0.2) is 24.8 Å². The van der Waals surface area contributed by atoms with E-state index in [1.54, 1.807) is 0 Å². The van der Waals surface area contributed by atoms with Crippen molar-refractivity contribution in [1.29, 1.82) is 0 Å². The molecule has 0 aliphatic carbocycles. The molecule has 1 aliphatic heterocycles. The van der Waals surface area contributed by atoms with E-state index in [-0.39, 0.29) is 19.3 Å². The molecule has 0 N–H and O–H groups in total. The molecule has 1 saturated heterocycles. The molecular formula is C13H18O5. The number of carbonyl (C=O) groups excluding carboxylic acids is 2. The van der Waals surface area contributed by atoms with Crippen molar-refractivity contribution in [1.82, 2.24) is 0 Å². The second-order valence-electron chi connectivity index (χ2n) is 3.96. The first-order valence-corrected chi connectivity index (χ1v) is 5.89. The van der Waals surface area contributed by atoms with E-state index in [4.69, 9.17) is 14.2 Å². The van der Waals surface area contributed by atoms with E-state index in [0.717, 1.165) is 19.1 Å². The number of hydrogen-bond acceptors (Lipinski definition) is 5. The minimum Gasteiger partial charge on any atom is -0.462 e. The molecule has 0 aromatic rings. The summed E-state index contributed by atoms with van der Waals surface area (Å²) < 4.78 is 14.7. The first-order valence-electron chi connectivity index (χ1n) is 5.89. The van der Waals surface area contributed by atoms with Crippen molar-refractivity contribution in [3.8, 4) is 0 Å². The van der Waals surface area contributed by atoms with Crippen molar-refractivity contribution >= 4 is 11.9 Å². The predicted molar refractivity (Wildman–Crippen MR) is 64.8 cm³/mol. The van der Waals surface area contributed by atoms with Crippen LogP contribution in [0, 0.1) is 0 Å². The fourth-order valence-electron chi connectivity index (χ4n) is 1.23. The summed E-state index contributed by atoms with van der Waals surface area (Å²) >= 11 is 0. The van der Waals surface area contributed by atoms with Crippen molar-refractivity contribution in [2.75, 3.05) is 19.8 Å². The van der Waals surface area contributed by atoms with Crippen LogP contribution < -0.4 is 0 Å². The number of epoxide rings is 1. The molecule has 0 aromatic carbocycles. The van der Waals surface area contributed by atoms with E-state index in [1.165, 1.54) is 0 Å². The van der Waals surface area contributed by atoms with Gasteiger partial charge in [-0.25, -0.2) is 9.59 Å². The normalized spacial score (nSPS) is 16.8. The van der Waals surface area contributed by atoms with E-state index in [9.17, 15) is 9.59 Å². The van der Waals surface area contributed by atoms with Crippen molar-refractivity contribution in [2.45, 2.75) is 25.4 Å². The summed E-state index contributed by atoms with van der Waals surface area (Å²) in [5.41, 5.74) is 0.452. The highest BCUT2D eigenvalue weighted by Crippen LogP contribution is 2.18. The molecule has 1 aliphatic rings. The highest BCUT2D eigenvalue weighted by Gasteiger charge is 2.23. The Hall–Kier alpha value is -1.62. The van der Waals surface area contributed by atoms with Gasteiger partial charge in [0.15, 0.2) is 0 Å². The van der Waals surface area contributed by atoms with Crippen LogP contribution in [0.1, 0.15) is 19.3 Å². The fraction of sp³-hybridized carbons (Fsp3) is 0.538. The molecule has 0 saturated carbocycles. The minimum atomic E-state index is -0.477. The summed E-state index contributed by atoms with van der Waals surface area (Å²) in [7, 11) is 0. The van der Waals surface area contributed by atoms with Gasteiger partial charge in [-0.1, -0.05) is 13.2 Å². The molecular weight excluding hydrogens is 236 g/mol. The number of rotatable bonds is 9. The van der Waals surface area contributed by atoms with E-state index < -0.39 is 11.9 Å². The quantitative estimate of drug-likeness (QED) is 0.269. The highest BCUT2D eigenvalue weighted by atomic mass is 16.6. The largest absolute Gasteiger partial charge is 0.462 e. The van der Waals surface area contributed by atoms with Crippen LogP contribution in [0.25, 0.3) is 0 Å². The lowest BCUT2D eigenvalue weighted by Crippen LogP contribution is -2.11. The predicted octanol–water partition coefficient (Wildman–Crippen LogP) is 1.38. The highest BCUT2D eigenvalue weighted by molar-refractivity contribution is 5.87. The number of hydrogen-bond donors (Lipinski definition) is 0. The molecule has 0 radical (unpaired) electrons. The molecule has 18 heavy (non-hydrogen) atoms. The van der Waals surface area contributed by atoms with Gasteiger partial charge in [0.05, 0.1) is 25.9 Å². The van der Waals surface area contributed by atoms with Gasteiger partial charge in [-0.05, 0) is 12.8 Å². The summed E-state index contributed by atoms with van der Waals surface area (Å²) in [5, 5.41) is 0. The molecule has 1 heterocycles. The summed E-state index contributed by atoms with van der Waals surface area (Å²) in [4.78, 5) is 22.1. The Morgan fingerprint density at radius 2 is 2.00 bits per heavy atom. The lowest BCUT2D eigenvalue weighted by Gasteiger charge is -2.06. The Bertz CT molecular complexity index is 330. The lowest BCUT2D eigenvalue weighted by atomic mass is 10.1. The molecule has 0 spiro atoms. The van der Waals surface area contributed by atoms with E-state index in [0.29, 0.717) is 18.4 Å². The van der Waals surface area contributed by atoms with Gasteiger partial charge in [-0.15, -0.1) is 0 Å². The molecule has 5 heteroatoms. The van der Waals surface area contributed by atoms with Crippen molar-refractivity contribution in [3.05, 3.63) is 24.8 Å². The maximum atomic E-state index is 11.4. The molecule has 0 amide bonds. The fourth-order valence-corrected chi connectivity index (χ4v) is 1.23. The first kappa shape index (κ1) is 14.4. The van der Waals surface area contributed by atoms with Crippen LogP contribution in [-0.4, -0.2) is 37.9 Å². The second-order valence-corrected chi connectivity index (χ2v) is 3.96. The van der Waals surface area contributed by atoms with Crippen LogP contribution in [0.2, 0.25) is 0 Å². The summed E-state index contributed by atoms with van der Waals surface area (Å²) in [5.74, 6) is -0.874. The van der Waals surface area contributed by atoms with Crippen LogP contribution in [0.3, 0.4) is 0 Å². The van der Waals surface area contributed by atoms with Crippen LogP contribution in [0.5, 0.6) is 0 Å². The van der Waals surface area contributed by atoms with E-state index >= 15 is 0 Å². The average molecular weight is 254 g/mol. The van der Waals surface area contributed by atoms with Gasteiger partial charge in [-0.2, -0.15) is 0 Å². The van der Waals surface area contributed by atoms with Gasteiger partial charge < -0.3 is 14.2 Å². The zero-order valence-corrected chi connectivity index (χ0v) is 10.4.